The average Bonchev–Trinajstić information content (AvgIpc) is 2.48. The highest BCUT2D eigenvalue weighted by Crippen LogP contribution is 2.27. The molecule has 128 valence electrons. The van der Waals surface area contributed by atoms with Gasteiger partial charge in [0.25, 0.3) is 0 Å². The third-order valence-electron chi connectivity index (χ3n) is 4.09. The quantitative estimate of drug-likeness (QED) is 0.642. The maximum atomic E-state index is 12.8. The summed E-state index contributed by atoms with van der Waals surface area (Å²) in [6.45, 7) is 6.90. The first kappa shape index (κ1) is 18.6. The second-order valence-corrected chi connectivity index (χ2v) is 13.8. The van der Waals surface area contributed by atoms with E-state index >= 15 is 0 Å². The summed E-state index contributed by atoms with van der Waals surface area (Å²) in [7, 11) is -1.39. The van der Waals surface area contributed by atoms with Crippen LogP contribution in [0.4, 0.5) is 10.5 Å². The fourth-order valence-corrected chi connectivity index (χ4v) is 4.76. The number of carbonyl (C=O) groups is 1. The lowest BCUT2D eigenvalue weighted by molar-refractivity contribution is 0.179. The van der Waals surface area contributed by atoms with Crippen molar-refractivity contribution >= 4 is 43.0 Å². The molecular formula is C17H26Cl2N2OSi. The Bertz CT molecular complexity index is 554. The highest BCUT2D eigenvalue weighted by molar-refractivity contribution is 6.76. The highest BCUT2D eigenvalue weighted by atomic mass is 35.5. The first-order chi connectivity index (χ1) is 10.8. The molecule has 0 atom stereocenters. The number of urea groups is 1. The molecule has 1 aliphatic carbocycles. The van der Waals surface area contributed by atoms with Gasteiger partial charge in [0, 0.05) is 17.9 Å². The molecule has 0 aromatic heterocycles. The number of amides is 2. The SMILES string of the molecule is C[Si](C)(C)CN(C(=O)Nc1ccc(Cl)c(Cl)c1)C1CCCCC1. The number of hydrogen-bond donors (Lipinski definition) is 1. The van der Waals surface area contributed by atoms with Crippen molar-refractivity contribution in [3.63, 3.8) is 0 Å². The number of nitrogens with zero attached hydrogens (tertiary/aromatic N) is 1. The van der Waals surface area contributed by atoms with E-state index in [4.69, 9.17) is 23.2 Å². The number of carbonyl (C=O) groups excluding carboxylic acids is 1. The molecule has 23 heavy (non-hydrogen) atoms. The summed E-state index contributed by atoms with van der Waals surface area (Å²) in [6, 6.07) is 5.55. The van der Waals surface area contributed by atoms with Crippen LogP contribution < -0.4 is 5.32 Å². The van der Waals surface area contributed by atoms with E-state index in [1.165, 1.54) is 19.3 Å². The van der Waals surface area contributed by atoms with Gasteiger partial charge in [-0.25, -0.2) is 4.79 Å². The van der Waals surface area contributed by atoms with Gasteiger partial charge in [-0.05, 0) is 31.0 Å². The fraction of sp³-hybridized carbons (Fsp3) is 0.588. The van der Waals surface area contributed by atoms with Crippen LogP contribution in [0.3, 0.4) is 0 Å². The van der Waals surface area contributed by atoms with Gasteiger partial charge < -0.3 is 10.2 Å². The van der Waals surface area contributed by atoms with Crippen molar-refractivity contribution in [1.29, 1.82) is 0 Å². The van der Waals surface area contributed by atoms with Crippen molar-refractivity contribution in [2.45, 2.75) is 57.8 Å². The Balaban J connectivity index is 2.12. The number of rotatable bonds is 4. The van der Waals surface area contributed by atoms with Crippen LogP contribution in [-0.4, -0.2) is 31.2 Å². The molecule has 1 fully saturated rings. The van der Waals surface area contributed by atoms with Gasteiger partial charge in [0.2, 0.25) is 0 Å². The molecule has 1 aromatic rings. The number of anilines is 1. The molecule has 1 aliphatic rings. The van der Waals surface area contributed by atoms with Crippen molar-refractivity contribution in [2.24, 2.45) is 0 Å². The summed E-state index contributed by atoms with van der Waals surface area (Å²) in [5.41, 5.74) is 0.695. The van der Waals surface area contributed by atoms with E-state index in [0.29, 0.717) is 21.8 Å². The third-order valence-corrected chi connectivity index (χ3v) is 6.12. The Morgan fingerprint density at radius 1 is 1.17 bits per heavy atom. The first-order valence-electron chi connectivity index (χ1n) is 8.29. The molecule has 0 bridgehead atoms. The maximum Gasteiger partial charge on any atom is 0.321 e. The third kappa shape index (κ3) is 5.70. The van der Waals surface area contributed by atoms with Crippen LogP contribution in [0, 0.1) is 0 Å². The summed E-state index contributed by atoms with van der Waals surface area (Å²) in [6.07, 6.45) is 6.81. The van der Waals surface area contributed by atoms with E-state index in [-0.39, 0.29) is 6.03 Å². The lowest BCUT2D eigenvalue weighted by Gasteiger charge is -2.37. The van der Waals surface area contributed by atoms with Gasteiger partial charge in [-0.2, -0.15) is 0 Å². The normalized spacial score (nSPS) is 16.2. The van der Waals surface area contributed by atoms with Crippen molar-refractivity contribution in [3.8, 4) is 0 Å². The van der Waals surface area contributed by atoms with Crippen LogP contribution in [0.15, 0.2) is 18.2 Å². The topological polar surface area (TPSA) is 32.3 Å². The minimum atomic E-state index is -1.39. The smallest absolute Gasteiger partial charge is 0.321 e. The minimum absolute atomic E-state index is 0.0160. The summed E-state index contributed by atoms with van der Waals surface area (Å²) < 4.78 is 0. The monoisotopic (exact) mass is 372 g/mol. The summed E-state index contributed by atoms with van der Waals surface area (Å²) in [4.78, 5) is 14.9. The van der Waals surface area contributed by atoms with Crippen molar-refractivity contribution in [2.75, 3.05) is 11.5 Å². The van der Waals surface area contributed by atoms with E-state index in [0.717, 1.165) is 19.0 Å². The van der Waals surface area contributed by atoms with E-state index in [1.54, 1.807) is 18.2 Å². The lowest BCUT2D eigenvalue weighted by atomic mass is 9.95. The van der Waals surface area contributed by atoms with Gasteiger partial charge in [0.05, 0.1) is 18.1 Å². The molecule has 0 aliphatic heterocycles. The Labute approximate surface area is 150 Å². The zero-order valence-corrected chi connectivity index (χ0v) is 16.7. The average molecular weight is 373 g/mol. The predicted molar refractivity (Wildman–Crippen MR) is 102 cm³/mol. The van der Waals surface area contributed by atoms with Crippen LogP contribution in [-0.2, 0) is 0 Å². The molecule has 1 aromatic carbocycles. The number of hydrogen-bond acceptors (Lipinski definition) is 1. The van der Waals surface area contributed by atoms with Gasteiger partial charge in [-0.1, -0.05) is 62.1 Å². The highest BCUT2D eigenvalue weighted by Gasteiger charge is 2.29. The van der Waals surface area contributed by atoms with Crippen LogP contribution in [0.5, 0.6) is 0 Å². The van der Waals surface area contributed by atoms with E-state index < -0.39 is 8.07 Å². The number of halogens is 2. The molecule has 3 nitrogen and oxygen atoms in total. The number of benzene rings is 1. The van der Waals surface area contributed by atoms with Gasteiger partial charge in [-0.3, -0.25) is 0 Å². The lowest BCUT2D eigenvalue weighted by Crippen LogP contribution is -2.51. The zero-order valence-electron chi connectivity index (χ0n) is 14.2. The Morgan fingerprint density at radius 2 is 1.83 bits per heavy atom. The Hall–Kier alpha value is -0.713. The fourth-order valence-electron chi connectivity index (χ4n) is 3.04. The van der Waals surface area contributed by atoms with E-state index in [2.05, 4.69) is 29.9 Å². The molecule has 1 saturated carbocycles. The van der Waals surface area contributed by atoms with Crippen molar-refractivity contribution < 1.29 is 4.79 Å². The summed E-state index contributed by atoms with van der Waals surface area (Å²) in [5, 5.41) is 3.95. The van der Waals surface area contributed by atoms with E-state index in [9.17, 15) is 4.79 Å². The molecule has 0 radical (unpaired) electrons. The molecule has 1 N–H and O–H groups in total. The molecule has 0 unspecified atom stereocenters. The second-order valence-electron chi connectivity index (χ2n) is 7.54. The van der Waals surface area contributed by atoms with Crippen LogP contribution >= 0.6 is 23.2 Å². The van der Waals surface area contributed by atoms with E-state index in [1.807, 2.05) is 0 Å². The van der Waals surface area contributed by atoms with Crippen LogP contribution in [0.25, 0.3) is 0 Å². The molecule has 6 heteroatoms. The van der Waals surface area contributed by atoms with Crippen molar-refractivity contribution in [1.82, 2.24) is 4.90 Å². The van der Waals surface area contributed by atoms with Crippen LogP contribution in [0.1, 0.15) is 32.1 Å². The molecule has 0 saturated heterocycles. The summed E-state index contributed by atoms with van der Waals surface area (Å²) in [5.74, 6) is 0. The standard InChI is InChI=1S/C17H26Cl2N2OSi/c1-23(2,3)12-21(14-7-5-4-6-8-14)17(22)20-13-9-10-15(18)16(19)11-13/h9-11,14H,4-8,12H2,1-3H3,(H,20,22). The molecule has 2 amide bonds. The number of nitrogens with one attached hydrogen (secondary N) is 1. The van der Waals surface area contributed by atoms with Crippen molar-refractivity contribution in [3.05, 3.63) is 28.2 Å². The van der Waals surface area contributed by atoms with Crippen LogP contribution in [0.2, 0.25) is 29.7 Å². The van der Waals surface area contributed by atoms with Gasteiger partial charge in [0.15, 0.2) is 0 Å². The predicted octanol–water partition coefficient (Wildman–Crippen LogP) is 6.04. The Morgan fingerprint density at radius 3 is 2.39 bits per heavy atom. The minimum Gasteiger partial charge on any atom is -0.325 e. The van der Waals surface area contributed by atoms with Gasteiger partial charge in [-0.15, -0.1) is 0 Å². The van der Waals surface area contributed by atoms with Gasteiger partial charge in [0.1, 0.15) is 0 Å². The maximum absolute atomic E-state index is 12.8. The molecule has 0 spiro atoms. The molecule has 2 rings (SSSR count). The molecular weight excluding hydrogens is 347 g/mol. The summed E-state index contributed by atoms with van der Waals surface area (Å²) >= 11 is 12.0. The Kier molecular flexibility index (Phi) is 6.40. The second kappa shape index (κ2) is 7.91. The van der Waals surface area contributed by atoms with Gasteiger partial charge >= 0.3 is 6.03 Å². The first-order valence-corrected chi connectivity index (χ1v) is 12.8. The largest absolute Gasteiger partial charge is 0.325 e. The molecule has 0 heterocycles. The zero-order chi connectivity index (χ0) is 17.0.